The number of carbonyl (C=O) groups excluding carboxylic acids is 1. The second-order valence-electron chi connectivity index (χ2n) is 5.28. The lowest BCUT2D eigenvalue weighted by atomic mass is 9.80. The number of nitrogens with one attached hydrogen (secondary N) is 1. The minimum absolute atomic E-state index is 0.162. The molecule has 0 fully saturated rings. The van der Waals surface area contributed by atoms with Crippen molar-refractivity contribution in [2.45, 2.75) is 52.3 Å². The largest absolute Gasteiger partial charge is 0.355 e. The Kier molecular flexibility index (Phi) is 6.49. The number of carbonyl (C=O) groups is 1. The van der Waals surface area contributed by atoms with Gasteiger partial charge in [0.1, 0.15) is 0 Å². The maximum absolute atomic E-state index is 11.6. The van der Waals surface area contributed by atoms with Crippen LogP contribution in [0.15, 0.2) is 0 Å². The molecule has 2 unspecified atom stereocenters. The maximum Gasteiger partial charge on any atom is 0.220 e. The summed E-state index contributed by atoms with van der Waals surface area (Å²) in [4.78, 5) is 12.0. The van der Waals surface area contributed by atoms with Crippen LogP contribution in [0.5, 0.6) is 0 Å². The van der Waals surface area contributed by atoms with E-state index in [9.17, 15) is 4.79 Å². The van der Waals surface area contributed by atoms with Crippen LogP contribution in [0.1, 0.15) is 47.5 Å². The zero-order valence-corrected chi connectivity index (χ0v) is 12.1. The summed E-state index contributed by atoms with van der Waals surface area (Å²) < 4.78 is 0. The minimum atomic E-state index is 0.162. The standard InChI is InChI=1S/C12H24BrNO/c1-6-10(13)8-14-11(15)7-9(2)12(3,4)5/h9-10H,6-8H2,1-5H3,(H,14,15). The molecule has 0 radical (unpaired) electrons. The van der Waals surface area contributed by atoms with Gasteiger partial charge in [0.2, 0.25) is 5.91 Å². The van der Waals surface area contributed by atoms with Gasteiger partial charge in [-0.1, -0.05) is 50.5 Å². The highest BCUT2D eigenvalue weighted by Crippen LogP contribution is 2.27. The average Bonchev–Trinajstić information content (AvgIpc) is 2.12. The van der Waals surface area contributed by atoms with Gasteiger partial charge in [-0.3, -0.25) is 4.79 Å². The first-order chi connectivity index (χ1) is 6.77. The lowest BCUT2D eigenvalue weighted by molar-refractivity contribution is -0.122. The van der Waals surface area contributed by atoms with Crippen molar-refractivity contribution in [3.63, 3.8) is 0 Å². The number of alkyl halides is 1. The number of halogens is 1. The molecule has 0 aliphatic rings. The van der Waals surface area contributed by atoms with E-state index in [-0.39, 0.29) is 11.3 Å². The molecule has 0 heterocycles. The second-order valence-corrected chi connectivity index (χ2v) is 6.58. The number of hydrogen-bond donors (Lipinski definition) is 1. The summed E-state index contributed by atoms with van der Waals surface area (Å²) >= 11 is 3.50. The summed E-state index contributed by atoms with van der Waals surface area (Å²) in [7, 11) is 0. The highest BCUT2D eigenvalue weighted by atomic mass is 79.9. The van der Waals surface area contributed by atoms with Crippen molar-refractivity contribution in [2.75, 3.05) is 6.54 Å². The fraction of sp³-hybridized carbons (Fsp3) is 0.917. The molecule has 0 rings (SSSR count). The van der Waals surface area contributed by atoms with Crippen molar-refractivity contribution >= 4 is 21.8 Å². The Hall–Kier alpha value is -0.0500. The fourth-order valence-electron chi connectivity index (χ4n) is 1.03. The predicted octanol–water partition coefficient (Wildman–Crippen LogP) is 3.35. The summed E-state index contributed by atoms with van der Waals surface area (Å²) in [5.41, 5.74) is 0.204. The molecule has 0 spiro atoms. The van der Waals surface area contributed by atoms with Crippen LogP contribution in [0.3, 0.4) is 0 Å². The van der Waals surface area contributed by atoms with E-state index < -0.39 is 0 Å². The third-order valence-electron chi connectivity index (χ3n) is 2.93. The topological polar surface area (TPSA) is 29.1 Å². The lowest BCUT2D eigenvalue weighted by Crippen LogP contribution is -2.32. The van der Waals surface area contributed by atoms with Crippen LogP contribution in [0.25, 0.3) is 0 Å². The predicted molar refractivity (Wildman–Crippen MR) is 69.3 cm³/mol. The molecule has 90 valence electrons. The van der Waals surface area contributed by atoms with Crippen LogP contribution < -0.4 is 5.32 Å². The molecule has 2 nitrogen and oxygen atoms in total. The van der Waals surface area contributed by atoms with Crippen LogP contribution in [0.2, 0.25) is 0 Å². The van der Waals surface area contributed by atoms with E-state index in [2.05, 4.69) is 55.9 Å². The summed E-state index contributed by atoms with van der Waals surface area (Å²) in [5.74, 6) is 0.572. The van der Waals surface area contributed by atoms with Crippen molar-refractivity contribution in [3.05, 3.63) is 0 Å². The molecule has 0 aromatic carbocycles. The van der Waals surface area contributed by atoms with Crippen molar-refractivity contribution in [2.24, 2.45) is 11.3 Å². The van der Waals surface area contributed by atoms with Crippen molar-refractivity contribution in [1.29, 1.82) is 0 Å². The third-order valence-corrected chi connectivity index (χ3v) is 3.90. The Morgan fingerprint density at radius 3 is 2.33 bits per heavy atom. The Labute approximate surface area is 102 Å². The van der Waals surface area contributed by atoms with Gasteiger partial charge >= 0.3 is 0 Å². The maximum atomic E-state index is 11.6. The Morgan fingerprint density at radius 2 is 1.93 bits per heavy atom. The van der Waals surface area contributed by atoms with Crippen LogP contribution in [-0.2, 0) is 4.79 Å². The SMILES string of the molecule is CCC(Br)CNC(=O)CC(C)C(C)(C)C. The zero-order valence-electron chi connectivity index (χ0n) is 10.6. The Bertz CT molecular complexity index is 198. The molecular weight excluding hydrogens is 254 g/mol. The van der Waals surface area contributed by atoms with Gasteiger partial charge in [0, 0.05) is 17.8 Å². The van der Waals surface area contributed by atoms with Crippen LogP contribution in [0.4, 0.5) is 0 Å². The normalized spacial score (nSPS) is 15.9. The monoisotopic (exact) mass is 277 g/mol. The molecule has 0 aromatic rings. The summed E-state index contributed by atoms with van der Waals surface area (Å²) in [6, 6.07) is 0. The molecule has 0 aliphatic heterocycles. The molecule has 0 aliphatic carbocycles. The average molecular weight is 278 g/mol. The van der Waals surface area contributed by atoms with Crippen LogP contribution in [-0.4, -0.2) is 17.3 Å². The van der Waals surface area contributed by atoms with Gasteiger partial charge in [0.05, 0.1) is 0 Å². The summed E-state index contributed by atoms with van der Waals surface area (Å²) in [6.45, 7) is 11.5. The Balaban J connectivity index is 3.84. The van der Waals surface area contributed by atoms with Gasteiger partial charge in [-0.05, 0) is 17.8 Å². The van der Waals surface area contributed by atoms with Gasteiger partial charge in [-0.25, -0.2) is 0 Å². The van der Waals surface area contributed by atoms with Crippen molar-refractivity contribution in [3.8, 4) is 0 Å². The molecule has 1 N–H and O–H groups in total. The third kappa shape index (κ3) is 6.93. The van der Waals surface area contributed by atoms with Gasteiger partial charge < -0.3 is 5.32 Å². The van der Waals surface area contributed by atoms with E-state index in [0.717, 1.165) is 13.0 Å². The van der Waals surface area contributed by atoms with Gasteiger partial charge in [0.15, 0.2) is 0 Å². The van der Waals surface area contributed by atoms with E-state index >= 15 is 0 Å². The van der Waals surface area contributed by atoms with Crippen LogP contribution >= 0.6 is 15.9 Å². The smallest absolute Gasteiger partial charge is 0.220 e. The van der Waals surface area contributed by atoms with Crippen molar-refractivity contribution < 1.29 is 4.79 Å². The molecule has 0 saturated heterocycles. The van der Waals surface area contributed by atoms with Gasteiger partial charge in [0.25, 0.3) is 0 Å². The number of hydrogen-bond acceptors (Lipinski definition) is 1. The highest BCUT2D eigenvalue weighted by Gasteiger charge is 2.22. The second kappa shape index (κ2) is 6.51. The molecule has 15 heavy (non-hydrogen) atoms. The van der Waals surface area contributed by atoms with E-state index in [4.69, 9.17) is 0 Å². The van der Waals surface area contributed by atoms with Crippen molar-refractivity contribution in [1.82, 2.24) is 5.32 Å². The molecule has 1 amide bonds. The molecule has 2 atom stereocenters. The van der Waals surface area contributed by atoms with E-state index in [1.807, 2.05) is 0 Å². The first-order valence-corrected chi connectivity index (χ1v) is 6.59. The zero-order chi connectivity index (χ0) is 12.1. The van der Waals surface area contributed by atoms with E-state index in [0.29, 0.717) is 17.2 Å². The first-order valence-electron chi connectivity index (χ1n) is 5.68. The van der Waals surface area contributed by atoms with E-state index in [1.54, 1.807) is 0 Å². The molecule has 0 bridgehead atoms. The summed E-state index contributed by atoms with van der Waals surface area (Å²) in [6.07, 6.45) is 1.65. The lowest BCUT2D eigenvalue weighted by Gasteiger charge is -2.26. The van der Waals surface area contributed by atoms with Gasteiger partial charge in [-0.2, -0.15) is 0 Å². The molecular formula is C12H24BrNO. The molecule has 3 heteroatoms. The highest BCUT2D eigenvalue weighted by molar-refractivity contribution is 9.09. The number of rotatable bonds is 5. The minimum Gasteiger partial charge on any atom is -0.355 e. The first kappa shape index (κ1) is 14.9. The Morgan fingerprint density at radius 1 is 1.40 bits per heavy atom. The molecule has 0 aromatic heterocycles. The fourth-order valence-corrected chi connectivity index (χ4v) is 1.19. The van der Waals surface area contributed by atoms with E-state index in [1.165, 1.54) is 0 Å². The molecule has 0 saturated carbocycles. The number of amides is 1. The quantitative estimate of drug-likeness (QED) is 0.768. The summed E-state index contributed by atoms with van der Waals surface area (Å²) in [5, 5.41) is 2.95. The van der Waals surface area contributed by atoms with Gasteiger partial charge in [-0.15, -0.1) is 0 Å². The van der Waals surface area contributed by atoms with Crippen LogP contribution in [0, 0.1) is 11.3 Å².